The lowest BCUT2D eigenvalue weighted by molar-refractivity contribution is 0.0393. The number of nitrogens with one attached hydrogen (secondary N) is 1. The molecule has 1 N–H and O–H groups in total. The Morgan fingerprint density at radius 1 is 1.23 bits per heavy atom. The van der Waals surface area contributed by atoms with E-state index in [1.165, 1.54) is 35.1 Å². The molecule has 0 amide bonds. The van der Waals surface area contributed by atoms with E-state index in [2.05, 4.69) is 25.2 Å². The molecule has 5 rings (SSSR count). The quantitative estimate of drug-likeness (QED) is 0.541. The molecule has 1 saturated heterocycles. The molecule has 1 aliphatic heterocycles. The second-order valence-electron chi connectivity index (χ2n) is 7.37. The van der Waals surface area contributed by atoms with Crippen molar-refractivity contribution < 1.29 is 13.5 Å². The predicted molar refractivity (Wildman–Crippen MR) is 109 cm³/mol. The van der Waals surface area contributed by atoms with Gasteiger partial charge in [0.15, 0.2) is 17.3 Å². The minimum atomic E-state index is -0.508. The number of anilines is 1. The number of rotatable bonds is 5. The normalized spacial score (nSPS) is 15.3. The first-order valence-corrected chi connectivity index (χ1v) is 9.79. The fourth-order valence-corrected chi connectivity index (χ4v) is 3.75. The van der Waals surface area contributed by atoms with Crippen molar-refractivity contribution in [2.45, 2.75) is 0 Å². The number of halogens is 2. The van der Waals surface area contributed by atoms with E-state index in [0.29, 0.717) is 27.9 Å². The van der Waals surface area contributed by atoms with Crippen LogP contribution in [0.4, 0.5) is 14.6 Å². The molecule has 0 atom stereocenters. The van der Waals surface area contributed by atoms with Gasteiger partial charge in [0.2, 0.25) is 0 Å². The van der Waals surface area contributed by atoms with Crippen molar-refractivity contribution in [3.63, 3.8) is 0 Å². The van der Waals surface area contributed by atoms with Crippen LogP contribution in [0.3, 0.4) is 0 Å². The second kappa shape index (κ2) is 7.62. The molecule has 1 aliphatic rings. The summed E-state index contributed by atoms with van der Waals surface area (Å²) in [5.41, 5.74) is 1.44. The molecule has 0 aromatic carbocycles. The van der Waals surface area contributed by atoms with Crippen LogP contribution in [0.2, 0.25) is 0 Å². The molecule has 1 fully saturated rings. The fourth-order valence-electron chi connectivity index (χ4n) is 3.75. The van der Waals surface area contributed by atoms with E-state index in [4.69, 9.17) is 4.74 Å². The number of likely N-dealkylation sites (N-methyl/N-ethyl adjacent to an activating group) is 1. The second-order valence-corrected chi connectivity index (χ2v) is 7.37. The van der Waals surface area contributed by atoms with Crippen molar-refractivity contribution in [2.75, 3.05) is 51.3 Å². The average molecular weight is 413 g/mol. The van der Waals surface area contributed by atoms with Crippen molar-refractivity contribution >= 4 is 22.4 Å². The molecule has 0 radical (unpaired) electrons. The van der Waals surface area contributed by atoms with E-state index in [9.17, 15) is 4.39 Å². The molecule has 0 saturated carbocycles. The topological polar surface area (TPSA) is 74.6 Å². The lowest BCUT2D eigenvalue weighted by Crippen LogP contribution is -2.40. The smallest absolute Gasteiger partial charge is 0.159 e. The van der Waals surface area contributed by atoms with Gasteiger partial charge < -0.3 is 9.64 Å². The third kappa shape index (κ3) is 3.37. The molecule has 8 nitrogen and oxygen atoms in total. The number of ether oxygens (including phenoxy) is 1. The zero-order valence-corrected chi connectivity index (χ0v) is 16.5. The van der Waals surface area contributed by atoms with Crippen molar-refractivity contribution in [1.29, 1.82) is 0 Å². The molecular weight excluding hydrogens is 392 g/mol. The largest absolute Gasteiger partial charge is 0.379 e. The summed E-state index contributed by atoms with van der Waals surface area (Å²) in [6.07, 6.45) is 2.97. The van der Waals surface area contributed by atoms with Gasteiger partial charge in [-0.15, -0.1) is 0 Å². The van der Waals surface area contributed by atoms with E-state index in [0.717, 1.165) is 39.4 Å². The van der Waals surface area contributed by atoms with E-state index in [1.807, 2.05) is 11.9 Å². The molecule has 156 valence electrons. The number of pyridine rings is 2. The summed E-state index contributed by atoms with van der Waals surface area (Å²) in [5, 5.41) is 12.0. The molecular formula is C20H21F2N7O. The number of aromatic amines is 1. The molecule has 0 unspecified atom stereocenters. The molecule has 4 aromatic heterocycles. The zero-order chi connectivity index (χ0) is 20.7. The van der Waals surface area contributed by atoms with Gasteiger partial charge in [-0.2, -0.15) is 10.2 Å². The maximum Gasteiger partial charge on any atom is 0.159 e. The Kier molecular flexibility index (Phi) is 4.80. The summed E-state index contributed by atoms with van der Waals surface area (Å²) >= 11 is 0. The summed E-state index contributed by atoms with van der Waals surface area (Å²) in [6.45, 7) is 4.94. The number of hydrogen-bond donors (Lipinski definition) is 1. The number of aromatic nitrogens is 5. The number of fused-ring (bicyclic) bond motifs is 2. The summed E-state index contributed by atoms with van der Waals surface area (Å²) in [7, 11) is 1.93. The highest BCUT2D eigenvalue weighted by Crippen LogP contribution is 2.30. The predicted octanol–water partition coefficient (Wildman–Crippen LogP) is 2.32. The first kappa shape index (κ1) is 18.9. The highest BCUT2D eigenvalue weighted by molar-refractivity contribution is 5.90. The lowest BCUT2D eigenvalue weighted by atomic mass is 10.1. The van der Waals surface area contributed by atoms with Crippen molar-refractivity contribution in [2.24, 2.45) is 0 Å². The third-order valence-corrected chi connectivity index (χ3v) is 5.44. The third-order valence-electron chi connectivity index (χ3n) is 5.44. The SMILES string of the molecule is CN(CCN1CCOCC1)c1n[nH]c2nc(-c3cnn4ccc(F)cc34)c(F)cc12. The minimum absolute atomic E-state index is 0.106. The van der Waals surface area contributed by atoms with Crippen LogP contribution in [-0.4, -0.2) is 76.1 Å². The van der Waals surface area contributed by atoms with Crippen LogP contribution in [0.1, 0.15) is 0 Å². The zero-order valence-electron chi connectivity index (χ0n) is 16.5. The van der Waals surface area contributed by atoms with Gasteiger partial charge in [0, 0.05) is 51.1 Å². The van der Waals surface area contributed by atoms with Crippen LogP contribution in [0.25, 0.3) is 27.8 Å². The van der Waals surface area contributed by atoms with Gasteiger partial charge in [-0.3, -0.25) is 10.00 Å². The van der Waals surface area contributed by atoms with Crippen LogP contribution in [-0.2, 0) is 4.74 Å². The van der Waals surface area contributed by atoms with Gasteiger partial charge in [-0.25, -0.2) is 18.3 Å². The van der Waals surface area contributed by atoms with E-state index in [1.54, 1.807) is 0 Å². The van der Waals surface area contributed by atoms with E-state index in [-0.39, 0.29) is 5.69 Å². The Labute approximate surface area is 171 Å². The van der Waals surface area contributed by atoms with Gasteiger partial charge in [0.25, 0.3) is 0 Å². The molecule has 0 aliphatic carbocycles. The Bertz CT molecular complexity index is 1200. The molecule has 0 spiro atoms. The van der Waals surface area contributed by atoms with Crippen molar-refractivity contribution in [3.05, 3.63) is 42.2 Å². The van der Waals surface area contributed by atoms with Gasteiger partial charge in [-0.05, 0) is 12.1 Å². The molecule has 30 heavy (non-hydrogen) atoms. The lowest BCUT2D eigenvalue weighted by Gasteiger charge is -2.28. The summed E-state index contributed by atoms with van der Waals surface area (Å²) in [5.74, 6) is -0.288. The number of morpholine rings is 1. The number of H-pyrrole nitrogens is 1. The maximum absolute atomic E-state index is 15.0. The molecule has 5 heterocycles. The van der Waals surface area contributed by atoms with Gasteiger partial charge in [-0.1, -0.05) is 0 Å². The average Bonchev–Trinajstić information content (AvgIpc) is 3.35. The molecule has 0 bridgehead atoms. The number of hydrogen-bond acceptors (Lipinski definition) is 6. The first-order valence-electron chi connectivity index (χ1n) is 9.79. The fraction of sp³-hybridized carbons (Fsp3) is 0.350. The van der Waals surface area contributed by atoms with Crippen molar-refractivity contribution in [1.82, 2.24) is 29.7 Å². The Hall–Kier alpha value is -3.11. The Morgan fingerprint density at radius 3 is 2.90 bits per heavy atom. The van der Waals surface area contributed by atoms with Crippen LogP contribution in [0, 0.1) is 11.6 Å². The highest BCUT2D eigenvalue weighted by atomic mass is 19.1. The van der Waals surface area contributed by atoms with Crippen LogP contribution in [0.15, 0.2) is 30.6 Å². The van der Waals surface area contributed by atoms with Crippen LogP contribution >= 0.6 is 0 Å². The minimum Gasteiger partial charge on any atom is -0.379 e. The number of nitrogens with zero attached hydrogens (tertiary/aromatic N) is 6. The van der Waals surface area contributed by atoms with Gasteiger partial charge in [0.1, 0.15) is 11.5 Å². The van der Waals surface area contributed by atoms with Crippen molar-refractivity contribution in [3.8, 4) is 11.3 Å². The first-order chi connectivity index (χ1) is 14.6. The summed E-state index contributed by atoms with van der Waals surface area (Å²) in [4.78, 5) is 8.74. The maximum atomic E-state index is 15.0. The van der Waals surface area contributed by atoms with Crippen LogP contribution in [0.5, 0.6) is 0 Å². The monoisotopic (exact) mass is 413 g/mol. The van der Waals surface area contributed by atoms with Crippen LogP contribution < -0.4 is 4.90 Å². The highest BCUT2D eigenvalue weighted by Gasteiger charge is 2.19. The summed E-state index contributed by atoms with van der Waals surface area (Å²) < 4.78 is 35.6. The van der Waals surface area contributed by atoms with E-state index >= 15 is 4.39 Å². The molecule has 10 heteroatoms. The van der Waals surface area contributed by atoms with Gasteiger partial charge in [0.05, 0.1) is 30.3 Å². The Morgan fingerprint density at radius 2 is 2.07 bits per heavy atom. The summed E-state index contributed by atoms with van der Waals surface area (Å²) in [6, 6.07) is 4.03. The Balaban J connectivity index is 1.44. The van der Waals surface area contributed by atoms with E-state index < -0.39 is 11.6 Å². The van der Waals surface area contributed by atoms with Gasteiger partial charge >= 0.3 is 0 Å². The standard InChI is InChI=1S/C20H21F2N7O/c1-27(4-5-28-6-8-30-9-7-28)20-14-11-16(22)18(24-19(14)25-26-20)15-12-23-29-3-2-13(21)10-17(15)29/h2-3,10-12H,4-9H2,1H3,(H,24,25,26). The molecule has 4 aromatic rings.